The maximum Gasteiger partial charge on any atom is 0.146 e. The van der Waals surface area contributed by atoms with Crippen LogP contribution in [0.3, 0.4) is 0 Å². The van der Waals surface area contributed by atoms with E-state index in [0.29, 0.717) is 11.3 Å². The van der Waals surface area contributed by atoms with Crippen molar-refractivity contribution in [1.82, 2.24) is 0 Å². The van der Waals surface area contributed by atoms with Gasteiger partial charge in [-0.25, -0.2) is 4.39 Å². The lowest BCUT2D eigenvalue weighted by molar-refractivity contribution is 0.637. The van der Waals surface area contributed by atoms with Gasteiger partial charge in [-0.1, -0.05) is 6.08 Å². The lowest BCUT2D eigenvalue weighted by atomic mass is 10.2. The van der Waals surface area contributed by atoms with Crippen molar-refractivity contribution in [2.75, 3.05) is 0 Å². The monoisotopic (exact) mass is 155 g/mol. The fraction of sp³-hybridized carbons (Fsp3) is 0.444. The Morgan fingerprint density at radius 2 is 1.82 bits per heavy atom. The fourth-order valence-corrected chi connectivity index (χ4v) is 0.662. The summed E-state index contributed by atoms with van der Waals surface area (Å²) in [5, 5.41) is 0. The van der Waals surface area contributed by atoms with Gasteiger partial charge in [-0.2, -0.15) is 0 Å². The number of rotatable bonds is 2. The van der Waals surface area contributed by atoms with Crippen molar-refractivity contribution in [1.29, 1.82) is 0 Å². The number of allylic oxidation sites excluding steroid dienone is 4. The zero-order valence-electron chi connectivity index (χ0n) is 7.48. The summed E-state index contributed by atoms with van der Waals surface area (Å²) in [7, 11) is 0. The number of hydrogen-bond acceptors (Lipinski definition) is 1. The van der Waals surface area contributed by atoms with Crippen molar-refractivity contribution in [3.63, 3.8) is 0 Å². The molecule has 0 radical (unpaired) electrons. The van der Waals surface area contributed by atoms with Crippen molar-refractivity contribution >= 4 is 6.21 Å². The molecule has 0 saturated heterocycles. The van der Waals surface area contributed by atoms with Crippen LogP contribution in [0.2, 0.25) is 0 Å². The molecule has 2 heteroatoms. The van der Waals surface area contributed by atoms with E-state index in [-0.39, 0.29) is 5.83 Å². The van der Waals surface area contributed by atoms with Crippen molar-refractivity contribution in [3.8, 4) is 0 Å². The lowest BCUT2D eigenvalue weighted by Crippen LogP contribution is -1.81. The van der Waals surface area contributed by atoms with Crippen molar-refractivity contribution in [3.05, 3.63) is 23.2 Å². The molecule has 0 unspecified atom stereocenters. The fourth-order valence-electron chi connectivity index (χ4n) is 0.662. The van der Waals surface area contributed by atoms with Crippen molar-refractivity contribution < 1.29 is 4.39 Å². The van der Waals surface area contributed by atoms with Crippen LogP contribution in [-0.4, -0.2) is 6.21 Å². The van der Waals surface area contributed by atoms with Gasteiger partial charge in [-0.15, -0.1) is 0 Å². The minimum atomic E-state index is -0.231. The van der Waals surface area contributed by atoms with E-state index < -0.39 is 0 Å². The highest BCUT2D eigenvalue weighted by Crippen LogP contribution is 2.15. The van der Waals surface area contributed by atoms with Gasteiger partial charge in [-0.05, 0) is 33.3 Å². The molecule has 0 aliphatic carbocycles. The smallest absolute Gasteiger partial charge is 0.146 e. The Labute approximate surface area is 67.3 Å². The van der Waals surface area contributed by atoms with E-state index in [1.54, 1.807) is 40.0 Å². The van der Waals surface area contributed by atoms with Crippen LogP contribution in [0.25, 0.3) is 0 Å². The number of hydrogen-bond donors (Lipinski definition) is 0. The Morgan fingerprint density at radius 1 is 1.27 bits per heavy atom. The number of halogens is 1. The minimum absolute atomic E-state index is 0.231. The van der Waals surface area contributed by atoms with E-state index in [0.717, 1.165) is 0 Å². The summed E-state index contributed by atoms with van der Waals surface area (Å²) in [6.45, 7) is 6.95. The molecular formula is C9H14FN. The second kappa shape index (κ2) is 4.83. The quantitative estimate of drug-likeness (QED) is 0.429. The van der Waals surface area contributed by atoms with Gasteiger partial charge in [-0.3, -0.25) is 4.99 Å². The van der Waals surface area contributed by atoms with Crippen molar-refractivity contribution in [2.24, 2.45) is 4.99 Å². The van der Waals surface area contributed by atoms with Crippen LogP contribution in [-0.2, 0) is 0 Å². The maximum atomic E-state index is 13.1. The Hall–Kier alpha value is -0.920. The molecule has 0 amide bonds. The maximum absolute atomic E-state index is 13.1. The lowest BCUT2D eigenvalue weighted by Gasteiger charge is -1.97. The molecule has 0 aliphatic heterocycles. The third-order valence-corrected chi connectivity index (χ3v) is 1.42. The molecule has 0 saturated carbocycles. The predicted molar refractivity (Wildman–Crippen MR) is 47.4 cm³/mol. The molecule has 0 atom stereocenters. The molecule has 0 bridgehead atoms. The van der Waals surface area contributed by atoms with E-state index in [9.17, 15) is 4.39 Å². The average molecular weight is 155 g/mol. The summed E-state index contributed by atoms with van der Waals surface area (Å²) in [6.07, 6.45) is 3.31. The molecule has 0 aromatic heterocycles. The molecule has 0 spiro atoms. The van der Waals surface area contributed by atoms with Gasteiger partial charge in [0, 0.05) is 6.21 Å². The summed E-state index contributed by atoms with van der Waals surface area (Å²) >= 11 is 0. The van der Waals surface area contributed by atoms with Crippen LogP contribution in [0.4, 0.5) is 4.39 Å². The van der Waals surface area contributed by atoms with E-state index in [2.05, 4.69) is 4.99 Å². The molecule has 0 fully saturated rings. The van der Waals surface area contributed by atoms with Crippen LogP contribution in [0, 0.1) is 0 Å². The van der Waals surface area contributed by atoms with Gasteiger partial charge in [0.15, 0.2) is 0 Å². The standard InChI is InChI=1S/C9H14FN/c1-5-7(3)9(10)8(4)11-6-2/h5-6H,1-4H3/b7-5-,9-8+,11-6?. The molecule has 0 aromatic rings. The van der Waals surface area contributed by atoms with Crippen LogP contribution in [0.15, 0.2) is 28.2 Å². The molecule has 11 heavy (non-hydrogen) atoms. The Bertz CT molecular complexity index is 212. The van der Waals surface area contributed by atoms with Crippen LogP contribution >= 0.6 is 0 Å². The van der Waals surface area contributed by atoms with Gasteiger partial charge in [0.05, 0.1) is 5.70 Å². The average Bonchev–Trinajstić information content (AvgIpc) is 2.02. The first kappa shape index (κ1) is 10.1. The second-order valence-corrected chi connectivity index (χ2v) is 2.26. The molecule has 1 nitrogen and oxygen atoms in total. The van der Waals surface area contributed by atoms with Crippen LogP contribution in [0.5, 0.6) is 0 Å². The first-order valence-electron chi connectivity index (χ1n) is 3.61. The largest absolute Gasteiger partial charge is 0.263 e. The van der Waals surface area contributed by atoms with Crippen molar-refractivity contribution in [2.45, 2.75) is 27.7 Å². The zero-order chi connectivity index (χ0) is 8.85. The van der Waals surface area contributed by atoms with Crippen LogP contribution < -0.4 is 0 Å². The highest BCUT2D eigenvalue weighted by atomic mass is 19.1. The zero-order valence-corrected chi connectivity index (χ0v) is 7.48. The van der Waals surface area contributed by atoms with E-state index >= 15 is 0 Å². The highest BCUT2D eigenvalue weighted by Gasteiger charge is 2.00. The molecule has 0 N–H and O–H groups in total. The van der Waals surface area contributed by atoms with Gasteiger partial charge in [0.2, 0.25) is 0 Å². The molecule has 0 aromatic carbocycles. The first-order chi connectivity index (χ1) is 5.13. The Morgan fingerprint density at radius 3 is 2.18 bits per heavy atom. The first-order valence-corrected chi connectivity index (χ1v) is 3.61. The number of aliphatic imine (C=N–C) groups is 1. The van der Waals surface area contributed by atoms with Gasteiger partial charge in [0.25, 0.3) is 0 Å². The highest BCUT2D eigenvalue weighted by molar-refractivity contribution is 5.55. The molecular weight excluding hydrogens is 141 g/mol. The minimum Gasteiger partial charge on any atom is -0.263 e. The summed E-state index contributed by atoms with van der Waals surface area (Å²) < 4.78 is 13.1. The summed E-state index contributed by atoms with van der Waals surface area (Å²) in [6, 6.07) is 0. The van der Waals surface area contributed by atoms with E-state index in [1.807, 2.05) is 0 Å². The summed E-state index contributed by atoms with van der Waals surface area (Å²) in [4.78, 5) is 3.83. The Kier molecular flexibility index (Phi) is 4.42. The third kappa shape index (κ3) is 3.12. The van der Waals surface area contributed by atoms with Gasteiger partial charge >= 0.3 is 0 Å². The van der Waals surface area contributed by atoms with E-state index in [1.165, 1.54) is 0 Å². The summed E-state index contributed by atoms with van der Waals surface area (Å²) in [5.74, 6) is -0.231. The van der Waals surface area contributed by atoms with E-state index in [4.69, 9.17) is 0 Å². The van der Waals surface area contributed by atoms with Gasteiger partial charge in [0.1, 0.15) is 5.83 Å². The second-order valence-electron chi connectivity index (χ2n) is 2.26. The Balaban J connectivity index is 4.66. The molecule has 0 aliphatic rings. The SMILES string of the molecule is CC=N/C(C)=C(F)\C(C)=C/C. The van der Waals surface area contributed by atoms with Crippen LogP contribution in [0.1, 0.15) is 27.7 Å². The third-order valence-electron chi connectivity index (χ3n) is 1.42. The molecule has 0 heterocycles. The predicted octanol–water partition coefficient (Wildman–Crippen LogP) is 3.24. The normalized spacial score (nSPS) is 15.5. The summed E-state index contributed by atoms with van der Waals surface area (Å²) in [5.41, 5.74) is 1.07. The molecule has 0 rings (SSSR count). The topological polar surface area (TPSA) is 12.4 Å². The molecule has 62 valence electrons. The number of nitrogens with zero attached hydrogens (tertiary/aromatic N) is 1. The van der Waals surface area contributed by atoms with Gasteiger partial charge < -0.3 is 0 Å².